The van der Waals surface area contributed by atoms with Gasteiger partial charge in [0.25, 0.3) is 0 Å². The lowest BCUT2D eigenvalue weighted by molar-refractivity contribution is -0.386. The van der Waals surface area contributed by atoms with Crippen molar-refractivity contribution in [2.75, 3.05) is 25.5 Å². The molecule has 0 radical (unpaired) electrons. The number of anilines is 1. The third kappa shape index (κ3) is 3.67. The highest BCUT2D eigenvalue weighted by molar-refractivity contribution is 5.79. The predicted molar refractivity (Wildman–Crippen MR) is 90.2 cm³/mol. The summed E-state index contributed by atoms with van der Waals surface area (Å²) in [5, 5.41) is 14.2. The number of hydrogen-bond acceptors (Lipinski definition) is 5. The summed E-state index contributed by atoms with van der Waals surface area (Å²) in [6, 6.07) is 2.27. The average molecular weight is 351 g/mol. The van der Waals surface area contributed by atoms with E-state index in [0.29, 0.717) is 19.5 Å². The van der Waals surface area contributed by atoms with Crippen LogP contribution in [-0.2, 0) is 4.79 Å². The number of ether oxygens (including phenoxy) is 1. The molecule has 1 amide bonds. The third-order valence-electron chi connectivity index (χ3n) is 5.02. The van der Waals surface area contributed by atoms with Gasteiger partial charge in [0.15, 0.2) is 0 Å². The molecule has 3 rings (SSSR count). The van der Waals surface area contributed by atoms with E-state index in [1.165, 1.54) is 13.2 Å². The van der Waals surface area contributed by atoms with Gasteiger partial charge in [0.2, 0.25) is 11.7 Å². The second-order valence-corrected chi connectivity index (χ2v) is 6.66. The van der Waals surface area contributed by atoms with Gasteiger partial charge in [0, 0.05) is 37.2 Å². The van der Waals surface area contributed by atoms with Gasteiger partial charge >= 0.3 is 5.69 Å². The Morgan fingerprint density at radius 2 is 2.08 bits per heavy atom. The molecule has 8 heteroatoms. The van der Waals surface area contributed by atoms with Crippen LogP contribution in [0, 0.1) is 21.8 Å². The molecule has 1 aliphatic heterocycles. The number of hydrogen-bond donors (Lipinski definition) is 1. The number of nitro benzene ring substituents is 1. The Kier molecular flexibility index (Phi) is 5.06. The molecule has 1 unspecified atom stereocenters. The molecule has 0 spiro atoms. The number of benzene rings is 1. The van der Waals surface area contributed by atoms with Gasteiger partial charge in [-0.3, -0.25) is 14.9 Å². The summed E-state index contributed by atoms with van der Waals surface area (Å²) in [4.78, 5) is 24.7. The number of nitrogens with zero attached hydrogens (tertiary/aromatic N) is 2. The highest BCUT2D eigenvalue weighted by atomic mass is 19.1. The van der Waals surface area contributed by atoms with Crippen molar-refractivity contribution < 1.29 is 18.8 Å². The van der Waals surface area contributed by atoms with Crippen LogP contribution in [0.3, 0.4) is 0 Å². The van der Waals surface area contributed by atoms with E-state index in [9.17, 15) is 19.3 Å². The molecular weight excluding hydrogens is 329 g/mol. The molecule has 1 saturated heterocycles. The van der Waals surface area contributed by atoms with E-state index in [1.807, 2.05) is 4.90 Å². The molecule has 7 nitrogen and oxygen atoms in total. The first-order valence-corrected chi connectivity index (χ1v) is 8.57. The van der Waals surface area contributed by atoms with Crippen LogP contribution in [0.25, 0.3) is 0 Å². The quantitative estimate of drug-likeness (QED) is 0.651. The Morgan fingerprint density at radius 3 is 2.72 bits per heavy atom. The topological polar surface area (TPSA) is 84.7 Å². The first kappa shape index (κ1) is 17.4. The van der Waals surface area contributed by atoms with Crippen LogP contribution in [0.2, 0.25) is 0 Å². The molecule has 1 aromatic rings. The van der Waals surface area contributed by atoms with Crippen molar-refractivity contribution in [3.8, 4) is 5.75 Å². The lowest BCUT2D eigenvalue weighted by atomic mass is 10.1. The van der Waals surface area contributed by atoms with Crippen LogP contribution in [0.5, 0.6) is 5.75 Å². The lowest BCUT2D eigenvalue weighted by Gasteiger charge is -2.21. The Bertz CT molecular complexity index is 676. The first-order valence-electron chi connectivity index (χ1n) is 8.57. The third-order valence-corrected chi connectivity index (χ3v) is 5.02. The summed E-state index contributed by atoms with van der Waals surface area (Å²) in [5.41, 5.74) is -0.511. The van der Waals surface area contributed by atoms with E-state index in [-0.39, 0.29) is 29.3 Å². The van der Waals surface area contributed by atoms with Crippen molar-refractivity contribution in [2.24, 2.45) is 5.92 Å². The van der Waals surface area contributed by atoms with Gasteiger partial charge in [-0.2, -0.15) is 4.39 Å². The monoisotopic (exact) mass is 351 g/mol. The number of nitro groups is 1. The summed E-state index contributed by atoms with van der Waals surface area (Å²) >= 11 is 0. The van der Waals surface area contributed by atoms with E-state index in [4.69, 9.17) is 4.74 Å². The van der Waals surface area contributed by atoms with Crippen molar-refractivity contribution in [2.45, 2.75) is 38.1 Å². The zero-order valence-corrected chi connectivity index (χ0v) is 14.2. The van der Waals surface area contributed by atoms with Crippen molar-refractivity contribution in [1.82, 2.24) is 4.90 Å². The number of carbonyl (C=O) groups excluding carboxylic acids is 1. The van der Waals surface area contributed by atoms with Crippen LogP contribution in [0.15, 0.2) is 12.1 Å². The fourth-order valence-corrected chi connectivity index (χ4v) is 3.72. The average Bonchev–Trinajstić information content (AvgIpc) is 3.25. The second-order valence-electron chi connectivity index (χ2n) is 6.66. The Morgan fingerprint density at radius 1 is 1.36 bits per heavy atom. The van der Waals surface area contributed by atoms with Crippen LogP contribution in [-0.4, -0.2) is 42.0 Å². The first-order chi connectivity index (χ1) is 12.0. The highest BCUT2D eigenvalue weighted by Gasteiger charge is 2.33. The van der Waals surface area contributed by atoms with Crippen LogP contribution in [0.4, 0.5) is 15.8 Å². The zero-order valence-electron chi connectivity index (χ0n) is 14.2. The summed E-state index contributed by atoms with van der Waals surface area (Å²) in [6.07, 6.45) is 4.76. The number of methoxy groups -OCH3 is 1. The van der Waals surface area contributed by atoms with E-state index in [0.717, 1.165) is 31.7 Å². The molecule has 0 bridgehead atoms. The number of likely N-dealkylation sites (tertiary alicyclic amines) is 1. The summed E-state index contributed by atoms with van der Waals surface area (Å²) in [7, 11) is 1.38. The maximum absolute atomic E-state index is 14.0. The van der Waals surface area contributed by atoms with Crippen molar-refractivity contribution in [3.63, 3.8) is 0 Å². The Labute approximate surface area is 145 Å². The van der Waals surface area contributed by atoms with Gasteiger partial charge < -0.3 is 15.0 Å². The van der Waals surface area contributed by atoms with Gasteiger partial charge in [-0.05, 0) is 19.3 Å². The molecule has 1 N–H and O–H groups in total. The molecule has 1 aromatic carbocycles. The van der Waals surface area contributed by atoms with E-state index in [2.05, 4.69) is 5.32 Å². The molecule has 136 valence electrons. The summed E-state index contributed by atoms with van der Waals surface area (Å²) < 4.78 is 19.0. The van der Waals surface area contributed by atoms with Gasteiger partial charge in [-0.25, -0.2) is 0 Å². The largest absolute Gasteiger partial charge is 0.497 e. The van der Waals surface area contributed by atoms with E-state index in [1.54, 1.807) is 0 Å². The second kappa shape index (κ2) is 7.25. The predicted octanol–water partition coefficient (Wildman–Crippen LogP) is 2.95. The van der Waals surface area contributed by atoms with Gasteiger partial charge in [0.1, 0.15) is 11.4 Å². The zero-order chi connectivity index (χ0) is 18.0. The minimum Gasteiger partial charge on any atom is -0.497 e. The molecule has 0 aromatic heterocycles. The van der Waals surface area contributed by atoms with Crippen LogP contribution < -0.4 is 10.1 Å². The fourth-order valence-electron chi connectivity index (χ4n) is 3.72. The smallest absolute Gasteiger partial charge is 0.327 e. The maximum atomic E-state index is 14.0. The number of rotatable bonds is 5. The van der Waals surface area contributed by atoms with Crippen molar-refractivity contribution in [3.05, 3.63) is 28.1 Å². The lowest BCUT2D eigenvalue weighted by Crippen LogP contribution is -2.35. The molecule has 1 saturated carbocycles. The fraction of sp³-hybridized carbons (Fsp3) is 0.588. The molecule has 2 aliphatic rings. The normalized spacial score (nSPS) is 20.7. The summed E-state index contributed by atoms with van der Waals surface area (Å²) in [5.74, 6) is -0.443. The Balaban J connectivity index is 1.71. The highest BCUT2D eigenvalue weighted by Crippen LogP contribution is 2.34. The molecule has 1 heterocycles. The molecule has 1 aliphatic carbocycles. The minimum atomic E-state index is -0.941. The van der Waals surface area contributed by atoms with E-state index < -0.39 is 16.4 Å². The van der Waals surface area contributed by atoms with Crippen LogP contribution in [0.1, 0.15) is 32.1 Å². The standard InChI is InChI=1S/C17H22FN3O4/c1-25-13-8-14(18)16(21(23)24)15(9-13)19-12-6-7-20(10-12)17(22)11-4-2-3-5-11/h8-9,11-12,19H,2-7,10H2,1H3. The van der Waals surface area contributed by atoms with Gasteiger partial charge in [0.05, 0.1) is 12.0 Å². The number of amides is 1. The molecular formula is C17H22FN3O4. The van der Waals surface area contributed by atoms with E-state index >= 15 is 0 Å². The summed E-state index contributed by atoms with van der Waals surface area (Å²) in [6.45, 7) is 1.10. The maximum Gasteiger partial charge on any atom is 0.327 e. The number of nitrogens with one attached hydrogen (secondary N) is 1. The number of carbonyl (C=O) groups is 1. The van der Waals surface area contributed by atoms with Crippen molar-refractivity contribution in [1.29, 1.82) is 0 Å². The van der Waals surface area contributed by atoms with Crippen molar-refractivity contribution >= 4 is 17.3 Å². The molecule has 25 heavy (non-hydrogen) atoms. The van der Waals surface area contributed by atoms with Gasteiger partial charge in [-0.1, -0.05) is 12.8 Å². The SMILES string of the molecule is COc1cc(F)c([N+](=O)[O-])c(NC2CCN(C(=O)C3CCCC3)C2)c1. The minimum absolute atomic E-state index is 0.0852. The van der Waals surface area contributed by atoms with Crippen LogP contribution >= 0.6 is 0 Å². The molecule has 1 atom stereocenters. The van der Waals surface area contributed by atoms with Gasteiger partial charge in [-0.15, -0.1) is 0 Å². The molecule has 2 fully saturated rings. The Hall–Kier alpha value is -2.38. The number of halogens is 1.